The van der Waals surface area contributed by atoms with E-state index in [1.165, 1.54) is 6.07 Å². The van der Waals surface area contributed by atoms with Gasteiger partial charge in [0.25, 0.3) is 5.69 Å². The number of hydrogen-bond donors (Lipinski definition) is 1. The maximum absolute atomic E-state index is 11.0. The van der Waals surface area contributed by atoms with Crippen LogP contribution in [0.25, 0.3) is 0 Å². The van der Waals surface area contributed by atoms with Gasteiger partial charge in [-0.2, -0.15) is 0 Å². The van der Waals surface area contributed by atoms with Crippen molar-refractivity contribution < 1.29 is 4.92 Å². The SMILES string of the molecule is C[C@H](NCc1c(Cl)cccc1[N+](=O)[O-])c1ccncc1. The molecule has 1 aromatic carbocycles. The lowest BCUT2D eigenvalue weighted by molar-refractivity contribution is -0.385. The second-order valence-corrected chi connectivity index (χ2v) is 4.78. The molecule has 20 heavy (non-hydrogen) atoms. The largest absolute Gasteiger partial charge is 0.306 e. The zero-order valence-electron chi connectivity index (χ0n) is 10.9. The van der Waals surface area contributed by atoms with Crippen LogP contribution in [0.15, 0.2) is 42.7 Å². The monoisotopic (exact) mass is 291 g/mol. The van der Waals surface area contributed by atoms with E-state index in [1.54, 1.807) is 24.5 Å². The molecular weight excluding hydrogens is 278 g/mol. The first-order valence-electron chi connectivity index (χ1n) is 6.14. The highest BCUT2D eigenvalue weighted by Crippen LogP contribution is 2.26. The van der Waals surface area contributed by atoms with E-state index in [4.69, 9.17) is 11.6 Å². The smallest absolute Gasteiger partial charge is 0.275 e. The van der Waals surface area contributed by atoms with E-state index in [0.717, 1.165) is 5.56 Å². The van der Waals surface area contributed by atoms with Crippen LogP contribution in [-0.4, -0.2) is 9.91 Å². The van der Waals surface area contributed by atoms with E-state index in [9.17, 15) is 10.1 Å². The number of nitro groups is 1. The zero-order valence-corrected chi connectivity index (χ0v) is 11.7. The number of nitrogens with zero attached hydrogens (tertiary/aromatic N) is 2. The van der Waals surface area contributed by atoms with Gasteiger partial charge < -0.3 is 5.32 Å². The van der Waals surface area contributed by atoms with Crippen LogP contribution in [0.4, 0.5) is 5.69 Å². The summed E-state index contributed by atoms with van der Waals surface area (Å²) in [5.41, 5.74) is 1.60. The van der Waals surface area contributed by atoms with Gasteiger partial charge in [0, 0.05) is 31.0 Å². The Hall–Kier alpha value is -1.98. The number of pyridine rings is 1. The minimum absolute atomic E-state index is 0.0342. The molecule has 1 atom stereocenters. The molecule has 0 unspecified atom stereocenters. The summed E-state index contributed by atoms with van der Waals surface area (Å²) in [4.78, 5) is 14.5. The van der Waals surface area contributed by atoms with Crippen LogP contribution >= 0.6 is 11.6 Å². The summed E-state index contributed by atoms with van der Waals surface area (Å²) >= 11 is 6.05. The molecule has 5 nitrogen and oxygen atoms in total. The van der Waals surface area contributed by atoms with Crippen LogP contribution in [0.1, 0.15) is 24.1 Å². The third kappa shape index (κ3) is 3.31. The summed E-state index contributed by atoms with van der Waals surface area (Å²) in [5.74, 6) is 0. The molecule has 0 fully saturated rings. The van der Waals surface area contributed by atoms with Crippen LogP contribution in [0, 0.1) is 10.1 Å². The number of halogens is 1. The van der Waals surface area contributed by atoms with E-state index in [-0.39, 0.29) is 11.7 Å². The van der Waals surface area contributed by atoms with E-state index in [2.05, 4.69) is 10.3 Å². The normalized spacial score (nSPS) is 12.1. The molecule has 0 saturated carbocycles. The van der Waals surface area contributed by atoms with Crippen molar-refractivity contribution in [1.82, 2.24) is 10.3 Å². The Balaban J connectivity index is 2.13. The maximum Gasteiger partial charge on any atom is 0.275 e. The van der Waals surface area contributed by atoms with Crippen molar-refractivity contribution in [2.24, 2.45) is 0 Å². The van der Waals surface area contributed by atoms with E-state index in [0.29, 0.717) is 17.1 Å². The molecule has 2 aromatic rings. The second kappa shape index (κ2) is 6.45. The van der Waals surface area contributed by atoms with Crippen molar-refractivity contribution in [3.05, 3.63) is 69.0 Å². The Morgan fingerprint density at radius 1 is 1.35 bits per heavy atom. The van der Waals surface area contributed by atoms with Gasteiger partial charge in [-0.25, -0.2) is 0 Å². The highest BCUT2D eigenvalue weighted by Gasteiger charge is 2.17. The highest BCUT2D eigenvalue weighted by molar-refractivity contribution is 6.31. The molecule has 1 heterocycles. The zero-order chi connectivity index (χ0) is 14.5. The van der Waals surface area contributed by atoms with Gasteiger partial charge >= 0.3 is 0 Å². The molecular formula is C14H14ClN3O2. The Bertz CT molecular complexity index is 605. The van der Waals surface area contributed by atoms with Gasteiger partial charge in [0.05, 0.1) is 15.5 Å². The molecule has 0 aliphatic heterocycles. The summed E-state index contributed by atoms with van der Waals surface area (Å²) < 4.78 is 0. The average Bonchev–Trinajstić information content (AvgIpc) is 2.46. The summed E-state index contributed by atoms with van der Waals surface area (Å²) in [6, 6.07) is 8.55. The van der Waals surface area contributed by atoms with Gasteiger partial charge in [-0.15, -0.1) is 0 Å². The molecule has 0 bridgehead atoms. The fraction of sp³-hybridized carbons (Fsp3) is 0.214. The highest BCUT2D eigenvalue weighted by atomic mass is 35.5. The summed E-state index contributed by atoms with van der Waals surface area (Å²) in [6.45, 7) is 2.32. The number of benzene rings is 1. The van der Waals surface area contributed by atoms with Gasteiger partial charge in [-0.1, -0.05) is 17.7 Å². The van der Waals surface area contributed by atoms with Crippen molar-refractivity contribution in [3.63, 3.8) is 0 Å². The standard InChI is InChI=1S/C14H14ClN3O2/c1-10(11-5-7-16-8-6-11)17-9-12-13(15)3-2-4-14(12)18(19)20/h2-8,10,17H,9H2,1H3/t10-/m0/s1. The third-order valence-electron chi connectivity index (χ3n) is 3.08. The molecule has 1 aromatic heterocycles. The first-order chi connectivity index (χ1) is 9.59. The van der Waals surface area contributed by atoms with Crippen molar-refractivity contribution in [2.75, 3.05) is 0 Å². The van der Waals surface area contributed by atoms with Crippen LogP contribution in [0.3, 0.4) is 0 Å². The summed E-state index contributed by atoms with van der Waals surface area (Å²) in [5, 5.41) is 14.6. The quantitative estimate of drug-likeness (QED) is 0.676. The molecule has 1 N–H and O–H groups in total. The van der Waals surface area contributed by atoms with Gasteiger partial charge in [0.1, 0.15) is 0 Å². The number of nitrogens with one attached hydrogen (secondary N) is 1. The van der Waals surface area contributed by atoms with Gasteiger partial charge in [-0.05, 0) is 30.7 Å². The molecule has 2 rings (SSSR count). The first-order valence-corrected chi connectivity index (χ1v) is 6.52. The van der Waals surface area contributed by atoms with Gasteiger partial charge in [-0.3, -0.25) is 15.1 Å². The summed E-state index contributed by atoms with van der Waals surface area (Å²) in [7, 11) is 0. The Morgan fingerprint density at radius 3 is 2.70 bits per heavy atom. The maximum atomic E-state index is 11.0. The number of aromatic nitrogens is 1. The first kappa shape index (κ1) is 14.4. The summed E-state index contributed by atoms with van der Waals surface area (Å²) in [6.07, 6.45) is 3.43. The van der Waals surface area contributed by atoms with Crippen molar-refractivity contribution in [1.29, 1.82) is 0 Å². The molecule has 104 valence electrons. The lowest BCUT2D eigenvalue weighted by Crippen LogP contribution is -2.19. The molecule has 0 aliphatic rings. The van der Waals surface area contributed by atoms with Gasteiger partial charge in [0.2, 0.25) is 0 Å². The Morgan fingerprint density at radius 2 is 2.05 bits per heavy atom. The third-order valence-corrected chi connectivity index (χ3v) is 3.44. The molecule has 0 radical (unpaired) electrons. The van der Waals surface area contributed by atoms with Crippen molar-refractivity contribution in [2.45, 2.75) is 19.5 Å². The van der Waals surface area contributed by atoms with E-state index >= 15 is 0 Å². The minimum Gasteiger partial charge on any atom is -0.306 e. The topological polar surface area (TPSA) is 68.1 Å². The fourth-order valence-corrected chi connectivity index (χ4v) is 2.15. The molecule has 6 heteroatoms. The van der Waals surface area contributed by atoms with Crippen LogP contribution in [-0.2, 0) is 6.54 Å². The van der Waals surface area contributed by atoms with Crippen molar-refractivity contribution >= 4 is 17.3 Å². The lowest BCUT2D eigenvalue weighted by atomic mass is 10.1. The van der Waals surface area contributed by atoms with E-state index in [1.807, 2.05) is 19.1 Å². The second-order valence-electron chi connectivity index (χ2n) is 4.38. The van der Waals surface area contributed by atoms with E-state index < -0.39 is 4.92 Å². The Kier molecular flexibility index (Phi) is 4.65. The van der Waals surface area contributed by atoms with Crippen molar-refractivity contribution in [3.8, 4) is 0 Å². The molecule has 0 spiro atoms. The minimum atomic E-state index is -0.417. The van der Waals surface area contributed by atoms with Crippen LogP contribution in [0.5, 0.6) is 0 Å². The predicted octanol–water partition coefficient (Wildman–Crippen LogP) is 3.49. The van der Waals surface area contributed by atoms with Crippen LogP contribution in [0.2, 0.25) is 5.02 Å². The van der Waals surface area contributed by atoms with Crippen LogP contribution < -0.4 is 5.32 Å². The molecule has 0 amide bonds. The number of rotatable bonds is 5. The number of hydrogen-bond acceptors (Lipinski definition) is 4. The molecule has 0 aliphatic carbocycles. The number of nitro benzene ring substituents is 1. The fourth-order valence-electron chi connectivity index (χ4n) is 1.92. The lowest BCUT2D eigenvalue weighted by Gasteiger charge is -2.14. The molecule has 0 saturated heterocycles. The van der Waals surface area contributed by atoms with Gasteiger partial charge in [0.15, 0.2) is 0 Å². The Labute approximate surface area is 121 Å². The predicted molar refractivity (Wildman–Crippen MR) is 77.6 cm³/mol. The average molecular weight is 292 g/mol.